The summed E-state index contributed by atoms with van der Waals surface area (Å²) >= 11 is 5.97. The second kappa shape index (κ2) is 4.20. The number of aliphatic hydroxyl groups is 1. The molecule has 0 saturated carbocycles. The lowest BCUT2D eigenvalue weighted by molar-refractivity contribution is 0.154. The van der Waals surface area contributed by atoms with Crippen LogP contribution in [-0.2, 0) is 0 Å². The second-order valence-electron chi connectivity index (χ2n) is 3.64. The van der Waals surface area contributed by atoms with Crippen LogP contribution in [0.3, 0.4) is 0 Å². The van der Waals surface area contributed by atoms with Crippen LogP contribution in [0.25, 0.3) is 0 Å². The van der Waals surface area contributed by atoms with E-state index in [1.54, 1.807) is 0 Å². The van der Waals surface area contributed by atoms with E-state index in [2.05, 4.69) is 9.97 Å². The number of hydrogen-bond acceptors (Lipinski definition) is 5. The van der Waals surface area contributed by atoms with Gasteiger partial charge in [-0.05, 0) is 12.8 Å². The van der Waals surface area contributed by atoms with E-state index >= 15 is 0 Å². The minimum absolute atomic E-state index is 0.203. The highest BCUT2D eigenvalue weighted by Crippen LogP contribution is 2.25. The molecule has 1 atom stereocenters. The Morgan fingerprint density at radius 2 is 2.40 bits per heavy atom. The molecule has 2 heterocycles. The molecule has 0 amide bonds. The number of hydrogen-bond donors (Lipinski definition) is 2. The summed E-state index contributed by atoms with van der Waals surface area (Å²) in [5.74, 6) is 0.817. The molecule has 1 unspecified atom stereocenters. The van der Waals surface area contributed by atoms with Crippen LogP contribution in [0.2, 0.25) is 5.02 Å². The minimum atomic E-state index is -0.314. The third kappa shape index (κ3) is 2.30. The summed E-state index contributed by atoms with van der Waals surface area (Å²) in [4.78, 5) is 9.82. The molecule has 1 aliphatic heterocycles. The third-order valence-corrected chi connectivity index (χ3v) is 2.71. The van der Waals surface area contributed by atoms with Gasteiger partial charge in [0, 0.05) is 13.1 Å². The SMILES string of the molecule is Nc1ncc(Cl)c(N2CCCC(O)C2)n1. The largest absolute Gasteiger partial charge is 0.391 e. The van der Waals surface area contributed by atoms with Gasteiger partial charge in [-0.1, -0.05) is 11.6 Å². The maximum atomic E-state index is 9.54. The number of β-amino-alcohol motifs (C(OH)–C–C–N with tert-alkyl or cyclic N) is 1. The number of nitrogens with two attached hydrogens (primary N) is 1. The molecule has 0 aliphatic carbocycles. The lowest BCUT2D eigenvalue weighted by Crippen LogP contribution is -2.39. The number of nitrogens with zero attached hydrogens (tertiary/aromatic N) is 3. The average molecular weight is 229 g/mol. The Labute approximate surface area is 92.9 Å². The molecular formula is C9H13ClN4O. The monoisotopic (exact) mass is 228 g/mol. The molecule has 15 heavy (non-hydrogen) atoms. The summed E-state index contributed by atoms with van der Waals surface area (Å²) in [6.45, 7) is 1.39. The molecule has 0 bridgehead atoms. The first-order chi connectivity index (χ1) is 7.16. The number of anilines is 2. The van der Waals surface area contributed by atoms with Crippen LogP contribution in [0, 0.1) is 0 Å². The van der Waals surface area contributed by atoms with Crippen molar-refractivity contribution in [3.8, 4) is 0 Å². The van der Waals surface area contributed by atoms with Gasteiger partial charge in [0.15, 0.2) is 5.82 Å². The highest BCUT2D eigenvalue weighted by molar-refractivity contribution is 6.32. The van der Waals surface area contributed by atoms with Crippen molar-refractivity contribution in [2.75, 3.05) is 23.7 Å². The molecule has 1 aliphatic rings. The molecule has 2 rings (SSSR count). The number of aliphatic hydroxyl groups excluding tert-OH is 1. The maximum absolute atomic E-state index is 9.54. The Balaban J connectivity index is 2.24. The predicted molar refractivity (Wildman–Crippen MR) is 58.9 cm³/mol. The van der Waals surface area contributed by atoms with Crippen LogP contribution in [0.15, 0.2) is 6.20 Å². The van der Waals surface area contributed by atoms with Gasteiger partial charge >= 0.3 is 0 Å². The van der Waals surface area contributed by atoms with Gasteiger partial charge in [-0.3, -0.25) is 0 Å². The Bertz CT molecular complexity index is 360. The highest BCUT2D eigenvalue weighted by Gasteiger charge is 2.21. The van der Waals surface area contributed by atoms with E-state index in [9.17, 15) is 5.11 Å². The van der Waals surface area contributed by atoms with Crippen LogP contribution in [0.1, 0.15) is 12.8 Å². The number of rotatable bonds is 1. The molecule has 1 saturated heterocycles. The summed E-state index contributed by atoms with van der Waals surface area (Å²) in [6, 6.07) is 0. The molecule has 1 aromatic rings. The fourth-order valence-electron chi connectivity index (χ4n) is 1.74. The first-order valence-electron chi connectivity index (χ1n) is 4.88. The third-order valence-electron chi connectivity index (χ3n) is 2.44. The van der Waals surface area contributed by atoms with Gasteiger partial charge in [-0.15, -0.1) is 0 Å². The van der Waals surface area contributed by atoms with E-state index in [0.717, 1.165) is 19.4 Å². The van der Waals surface area contributed by atoms with Crippen molar-refractivity contribution >= 4 is 23.4 Å². The topological polar surface area (TPSA) is 75.3 Å². The Kier molecular flexibility index (Phi) is 2.93. The van der Waals surface area contributed by atoms with E-state index in [-0.39, 0.29) is 12.1 Å². The zero-order valence-corrected chi connectivity index (χ0v) is 8.98. The van der Waals surface area contributed by atoms with E-state index in [0.29, 0.717) is 17.4 Å². The van der Waals surface area contributed by atoms with Crippen molar-refractivity contribution in [2.24, 2.45) is 0 Å². The molecule has 0 radical (unpaired) electrons. The quantitative estimate of drug-likeness (QED) is 0.739. The first-order valence-corrected chi connectivity index (χ1v) is 5.25. The summed E-state index contributed by atoms with van der Waals surface area (Å²) in [5, 5.41) is 10.0. The van der Waals surface area contributed by atoms with Crippen molar-refractivity contribution in [3.05, 3.63) is 11.2 Å². The van der Waals surface area contributed by atoms with Crippen LogP contribution >= 0.6 is 11.6 Å². The highest BCUT2D eigenvalue weighted by atomic mass is 35.5. The van der Waals surface area contributed by atoms with Gasteiger partial charge in [-0.2, -0.15) is 4.98 Å². The normalized spacial score (nSPS) is 21.7. The van der Waals surface area contributed by atoms with E-state index < -0.39 is 0 Å². The Morgan fingerprint density at radius 1 is 1.60 bits per heavy atom. The molecule has 0 spiro atoms. The van der Waals surface area contributed by atoms with Crippen LogP contribution in [0.4, 0.5) is 11.8 Å². The van der Waals surface area contributed by atoms with Gasteiger partial charge in [0.05, 0.1) is 12.3 Å². The summed E-state index contributed by atoms with van der Waals surface area (Å²) in [5.41, 5.74) is 5.50. The predicted octanol–water partition coefficient (Wildman–Crippen LogP) is 0.673. The lowest BCUT2D eigenvalue weighted by atomic mass is 10.1. The standard InChI is InChI=1S/C9H13ClN4O/c10-7-4-12-9(11)13-8(7)14-3-1-2-6(15)5-14/h4,6,15H,1-3,5H2,(H2,11,12,13). The lowest BCUT2D eigenvalue weighted by Gasteiger charge is -2.31. The van der Waals surface area contributed by atoms with Gasteiger partial charge in [0.2, 0.25) is 5.95 Å². The van der Waals surface area contributed by atoms with Gasteiger partial charge < -0.3 is 15.7 Å². The summed E-state index contributed by atoms with van der Waals surface area (Å²) in [7, 11) is 0. The maximum Gasteiger partial charge on any atom is 0.222 e. The zero-order chi connectivity index (χ0) is 10.8. The fraction of sp³-hybridized carbons (Fsp3) is 0.556. The van der Waals surface area contributed by atoms with Crippen molar-refractivity contribution in [1.82, 2.24) is 9.97 Å². The summed E-state index contributed by atoms with van der Waals surface area (Å²) in [6.07, 6.45) is 2.93. The molecule has 1 fully saturated rings. The number of piperidine rings is 1. The van der Waals surface area contributed by atoms with Crippen molar-refractivity contribution in [1.29, 1.82) is 0 Å². The smallest absolute Gasteiger partial charge is 0.222 e. The van der Waals surface area contributed by atoms with E-state index in [4.69, 9.17) is 17.3 Å². The second-order valence-corrected chi connectivity index (χ2v) is 4.05. The van der Waals surface area contributed by atoms with Gasteiger partial charge in [0.1, 0.15) is 5.02 Å². The van der Waals surface area contributed by atoms with Crippen molar-refractivity contribution < 1.29 is 5.11 Å². The molecule has 0 aromatic carbocycles. The van der Waals surface area contributed by atoms with Crippen LogP contribution < -0.4 is 10.6 Å². The zero-order valence-electron chi connectivity index (χ0n) is 8.23. The fourth-order valence-corrected chi connectivity index (χ4v) is 1.95. The minimum Gasteiger partial charge on any atom is -0.391 e. The molecular weight excluding hydrogens is 216 g/mol. The molecule has 3 N–H and O–H groups in total. The number of aromatic nitrogens is 2. The van der Waals surface area contributed by atoms with E-state index in [1.165, 1.54) is 6.20 Å². The van der Waals surface area contributed by atoms with E-state index in [1.807, 2.05) is 4.90 Å². The number of nitrogen functional groups attached to an aromatic ring is 1. The Morgan fingerprint density at radius 3 is 3.13 bits per heavy atom. The molecule has 5 nitrogen and oxygen atoms in total. The van der Waals surface area contributed by atoms with Crippen LogP contribution in [0.5, 0.6) is 0 Å². The number of halogens is 1. The molecule has 1 aromatic heterocycles. The van der Waals surface area contributed by atoms with Crippen LogP contribution in [-0.4, -0.2) is 34.3 Å². The summed E-state index contributed by atoms with van der Waals surface area (Å²) < 4.78 is 0. The molecule has 6 heteroatoms. The van der Waals surface area contributed by atoms with Gasteiger partial charge in [0.25, 0.3) is 0 Å². The van der Waals surface area contributed by atoms with Crippen molar-refractivity contribution in [3.63, 3.8) is 0 Å². The van der Waals surface area contributed by atoms with Gasteiger partial charge in [-0.25, -0.2) is 4.98 Å². The average Bonchev–Trinajstić information content (AvgIpc) is 2.22. The Hall–Kier alpha value is -1.07. The first kappa shape index (κ1) is 10.4. The molecule has 82 valence electrons. The van der Waals surface area contributed by atoms with Crippen molar-refractivity contribution in [2.45, 2.75) is 18.9 Å².